The molecule has 1 aromatic carbocycles. The zero-order valence-electron chi connectivity index (χ0n) is 15.5. The van der Waals surface area contributed by atoms with Gasteiger partial charge in [0.2, 0.25) is 5.91 Å². The molecule has 2 rings (SSSR count). The van der Waals surface area contributed by atoms with Gasteiger partial charge in [-0.25, -0.2) is 4.79 Å². The second-order valence-electron chi connectivity index (χ2n) is 6.97. The number of imide groups is 1. The van der Waals surface area contributed by atoms with Crippen molar-refractivity contribution < 1.29 is 14.4 Å². The smallest absolute Gasteiger partial charge is 0.324 e. The van der Waals surface area contributed by atoms with Crippen LogP contribution in [0, 0.1) is 6.92 Å². The van der Waals surface area contributed by atoms with Crippen LogP contribution >= 0.6 is 11.6 Å². The number of aryl methyl sites for hydroxylation is 1. The summed E-state index contributed by atoms with van der Waals surface area (Å²) < 4.78 is 0. The highest BCUT2D eigenvalue weighted by atomic mass is 35.5. The van der Waals surface area contributed by atoms with E-state index in [1.807, 2.05) is 6.92 Å². The van der Waals surface area contributed by atoms with E-state index in [-0.39, 0.29) is 12.5 Å². The van der Waals surface area contributed by atoms with E-state index in [9.17, 15) is 14.4 Å². The molecular weight excluding hydrogens is 354 g/mol. The maximum atomic E-state index is 12.7. The Morgan fingerprint density at radius 3 is 2.69 bits per heavy atom. The highest BCUT2D eigenvalue weighted by Gasteiger charge is 2.47. The van der Waals surface area contributed by atoms with Crippen molar-refractivity contribution in [2.24, 2.45) is 0 Å². The van der Waals surface area contributed by atoms with Crippen LogP contribution in [0.3, 0.4) is 0 Å². The Bertz CT molecular complexity index is 707. The number of unbranched alkanes of at least 4 members (excludes halogenated alkanes) is 3. The fourth-order valence-corrected chi connectivity index (χ4v) is 3.20. The predicted octanol–water partition coefficient (Wildman–Crippen LogP) is 3.87. The van der Waals surface area contributed by atoms with Crippen molar-refractivity contribution >= 4 is 35.1 Å². The van der Waals surface area contributed by atoms with Gasteiger partial charge in [0.1, 0.15) is 12.1 Å². The molecule has 0 radical (unpaired) electrons. The van der Waals surface area contributed by atoms with Crippen LogP contribution in [-0.2, 0) is 9.59 Å². The number of benzene rings is 1. The minimum atomic E-state index is -0.933. The maximum Gasteiger partial charge on any atom is 0.325 e. The quantitative estimate of drug-likeness (QED) is 0.531. The number of rotatable bonds is 8. The van der Waals surface area contributed by atoms with Crippen LogP contribution in [0.15, 0.2) is 18.2 Å². The summed E-state index contributed by atoms with van der Waals surface area (Å²) in [5.41, 5.74) is 0.481. The lowest BCUT2D eigenvalue weighted by molar-refractivity contribution is -0.133. The van der Waals surface area contributed by atoms with Crippen molar-refractivity contribution in [3.63, 3.8) is 0 Å². The number of amides is 4. The summed E-state index contributed by atoms with van der Waals surface area (Å²) in [6, 6.07) is 4.64. The first-order valence-corrected chi connectivity index (χ1v) is 9.35. The number of nitrogens with zero attached hydrogens (tertiary/aromatic N) is 1. The SMILES string of the molecule is CCCCCC[C@@]1(C)NC(=O)N(CC(=O)Nc2cc(Cl)ccc2C)C1=O. The molecule has 1 aromatic rings. The molecule has 4 amide bonds. The molecule has 1 fully saturated rings. The fraction of sp³-hybridized carbons (Fsp3) is 0.526. The Morgan fingerprint density at radius 1 is 1.27 bits per heavy atom. The molecule has 1 atom stereocenters. The van der Waals surface area contributed by atoms with Crippen molar-refractivity contribution in [3.05, 3.63) is 28.8 Å². The summed E-state index contributed by atoms with van der Waals surface area (Å²) in [5, 5.41) is 5.94. The molecule has 2 N–H and O–H groups in total. The third-order valence-corrected chi connectivity index (χ3v) is 4.89. The van der Waals surface area contributed by atoms with Crippen molar-refractivity contribution in [1.82, 2.24) is 10.2 Å². The summed E-state index contributed by atoms with van der Waals surface area (Å²) in [4.78, 5) is 38.1. The van der Waals surface area contributed by atoms with Crippen molar-refractivity contribution in [2.75, 3.05) is 11.9 Å². The maximum absolute atomic E-state index is 12.7. The van der Waals surface area contributed by atoms with Gasteiger partial charge in [0.25, 0.3) is 5.91 Å². The molecule has 142 valence electrons. The zero-order chi connectivity index (χ0) is 19.3. The van der Waals surface area contributed by atoms with Crippen LogP contribution in [0.4, 0.5) is 10.5 Å². The third kappa shape index (κ3) is 4.75. The largest absolute Gasteiger partial charge is 0.325 e. The van der Waals surface area contributed by atoms with Crippen molar-refractivity contribution in [1.29, 1.82) is 0 Å². The van der Waals surface area contributed by atoms with Crippen LogP contribution in [0.1, 0.15) is 51.5 Å². The lowest BCUT2D eigenvalue weighted by atomic mass is 9.94. The monoisotopic (exact) mass is 379 g/mol. The van der Waals surface area contributed by atoms with Gasteiger partial charge in [-0.3, -0.25) is 14.5 Å². The van der Waals surface area contributed by atoms with Crippen molar-refractivity contribution in [2.45, 2.75) is 58.4 Å². The summed E-state index contributed by atoms with van der Waals surface area (Å²) >= 11 is 5.95. The molecule has 0 aromatic heterocycles. The molecule has 0 spiro atoms. The van der Waals surface area contributed by atoms with Crippen LogP contribution in [0.5, 0.6) is 0 Å². The second kappa shape index (κ2) is 8.54. The second-order valence-corrected chi connectivity index (χ2v) is 7.41. The van der Waals surface area contributed by atoms with Crippen LogP contribution in [-0.4, -0.2) is 34.8 Å². The average Bonchev–Trinajstić information content (AvgIpc) is 2.79. The van der Waals surface area contributed by atoms with Crippen LogP contribution in [0.25, 0.3) is 0 Å². The van der Waals surface area contributed by atoms with Gasteiger partial charge >= 0.3 is 6.03 Å². The zero-order valence-corrected chi connectivity index (χ0v) is 16.3. The average molecular weight is 380 g/mol. The summed E-state index contributed by atoms with van der Waals surface area (Å²) in [5.74, 6) is -0.786. The van der Waals surface area contributed by atoms with Crippen LogP contribution < -0.4 is 10.6 Å². The number of urea groups is 1. The number of hydrogen-bond acceptors (Lipinski definition) is 3. The summed E-state index contributed by atoms with van der Waals surface area (Å²) in [7, 11) is 0. The molecule has 6 nitrogen and oxygen atoms in total. The van der Waals surface area contributed by atoms with E-state index < -0.39 is 17.5 Å². The number of nitrogens with one attached hydrogen (secondary N) is 2. The van der Waals surface area contributed by atoms with Gasteiger partial charge in [-0.1, -0.05) is 50.3 Å². The summed E-state index contributed by atoms with van der Waals surface area (Å²) in [6.45, 7) is 5.36. The van der Waals surface area contributed by atoms with Gasteiger partial charge in [-0.15, -0.1) is 0 Å². The van der Waals surface area contributed by atoms with Gasteiger partial charge in [0, 0.05) is 10.7 Å². The van der Waals surface area contributed by atoms with Gasteiger partial charge in [0.15, 0.2) is 0 Å². The number of carbonyl (C=O) groups is 3. The van der Waals surface area contributed by atoms with Gasteiger partial charge in [-0.05, 0) is 38.0 Å². The highest BCUT2D eigenvalue weighted by molar-refractivity contribution is 6.31. The minimum absolute atomic E-state index is 0.318. The Labute approximate surface area is 159 Å². The lowest BCUT2D eigenvalue weighted by Crippen LogP contribution is -2.44. The number of anilines is 1. The van der Waals surface area contributed by atoms with E-state index >= 15 is 0 Å². The first kappa shape index (κ1) is 20.2. The Hall–Kier alpha value is -2.08. The molecule has 26 heavy (non-hydrogen) atoms. The molecule has 1 aliphatic rings. The predicted molar refractivity (Wildman–Crippen MR) is 102 cm³/mol. The Kier molecular flexibility index (Phi) is 6.64. The number of halogens is 1. The molecule has 0 bridgehead atoms. The first-order chi connectivity index (χ1) is 12.3. The van der Waals surface area contributed by atoms with E-state index in [1.165, 1.54) is 0 Å². The standard InChI is InChI=1S/C19H26ClN3O3/c1-4-5-6-7-10-19(3)17(25)23(18(26)22-19)12-16(24)21-15-11-14(20)9-8-13(15)2/h8-9,11H,4-7,10,12H2,1-3H3,(H,21,24)(H,22,26)/t19-/m1/s1. The molecule has 0 unspecified atom stereocenters. The number of hydrogen-bond donors (Lipinski definition) is 2. The van der Waals surface area contributed by atoms with E-state index in [0.717, 1.165) is 36.1 Å². The first-order valence-electron chi connectivity index (χ1n) is 8.97. The third-order valence-electron chi connectivity index (χ3n) is 4.65. The Morgan fingerprint density at radius 2 is 2.00 bits per heavy atom. The van der Waals surface area contributed by atoms with Gasteiger partial charge < -0.3 is 10.6 Å². The van der Waals surface area contributed by atoms with Crippen LogP contribution in [0.2, 0.25) is 5.02 Å². The Balaban J connectivity index is 1.98. The molecular formula is C19H26ClN3O3. The fourth-order valence-electron chi connectivity index (χ4n) is 3.03. The van der Waals surface area contributed by atoms with Gasteiger partial charge in [-0.2, -0.15) is 0 Å². The van der Waals surface area contributed by atoms with E-state index in [0.29, 0.717) is 17.1 Å². The minimum Gasteiger partial charge on any atom is -0.324 e. The van der Waals surface area contributed by atoms with E-state index in [1.54, 1.807) is 25.1 Å². The van der Waals surface area contributed by atoms with E-state index in [2.05, 4.69) is 17.6 Å². The van der Waals surface area contributed by atoms with E-state index in [4.69, 9.17) is 11.6 Å². The normalized spacial score (nSPS) is 19.6. The molecule has 1 heterocycles. The molecule has 7 heteroatoms. The highest BCUT2D eigenvalue weighted by Crippen LogP contribution is 2.24. The molecule has 1 saturated heterocycles. The molecule has 1 aliphatic heterocycles. The molecule has 0 saturated carbocycles. The molecule has 0 aliphatic carbocycles. The number of carbonyl (C=O) groups excluding carboxylic acids is 3. The van der Waals surface area contributed by atoms with Gasteiger partial charge in [0.05, 0.1) is 0 Å². The topological polar surface area (TPSA) is 78.5 Å². The summed E-state index contributed by atoms with van der Waals surface area (Å²) in [6.07, 6.45) is 4.65. The van der Waals surface area contributed by atoms with Crippen molar-refractivity contribution in [3.8, 4) is 0 Å². The lowest BCUT2D eigenvalue weighted by Gasteiger charge is -2.21.